The number of piperidine rings is 1. The maximum Gasteiger partial charge on any atom is 0.257 e. The molecule has 2 aliphatic heterocycles. The maximum atomic E-state index is 13.8. The van der Waals surface area contributed by atoms with Gasteiger partial charge >= 0.3 is 0 Å². The number of methoxy groups -OCH3 is 2. The molecule has 5 rings (SSSR count). The lowest BCUT2D eigenvalue weighted by molar-refractivity contribution is -0.120. The Morgan fingerprint density at radius 2 is 1.61 bits per heavy atom. The number of hydrazine groups is 1. The van der Waals surface area contributed by atoms with Crippen molar-refractivity contribution in [1.29, 1.82) is 0 Å². The third-order valence-corrected chi connectivity index (χ3v) is 9.18. The van der Waals surface area contributed by atoms with Crippen molar-refractivity contribution >= 4 is 44.8 Å². The number of piperazine rings is 1. The van der Waals surface area contributed by atoms with E-state index in [-0.39, 0.29) is 18.2 Å². The summed E-state index contributed by atoms with van der Waals surface area (Å²) in [6, 6.07) is 17.5. The summed E-state index contributed by atoms with van der Waals surface area (Å²) in [5.74, 6) is 0.929. The van der Waals surface area contributed by atoms with E-state index in [0.29, 0.717) is 28.9 Å². The largest absolute Gasteiger partial charge is 0.497 e. The second-order valence-corrected chi connectivity index (χ2v) is 12.3. The molecular formula is C34H42BrN5O4. The summed E-state index contributed by atoms with van der Waals surface area (Å²) in [4.78, 5) is 33.7. The van der Waals surface area contributed by atoms with Crippen molar-refractivity contribution in [3.63, 3.8) is 0 Å². The van der Waals surface area contributed by atoms with Crippen LogP contribution in [0.4, 0.5) is 17.1 Å². The Kier molecular flexibility index (Phi) is 10.3. The molecule has 0 saturated carbocycles. The number of carbonyl (C=O) groups is 2. The van der Waals surface area contributed by atoms with Crippen LogP contribution in [0.25, 0.3) is 0 Å². The van der Waals surface area contributed by atoms with Gasteiger partial charge in [0.05, 0.1) is 43.3 Å². The number of likely N-dealkylation sites (N-methyl/N-ethyl adjacent to an activating group) is 1. The standard InChI is InChI=1S/C34H42BrN5O4/c1-24-9-8-10-30(38-15-6-5-7-16-38)33(24)40(26-11-13-27(43-3)14-12-26)36-32(41)22-25-21-31(44-4)28(23-29(25)35)34(42)39-19-17-37(2)18-20-39/h8-14,21,23H,5-7,15-20,22H2,1-4H3,(H,36,41). The normalized spacial score (nSPS) is 15.6. The number of ether oxygens (including phenoxy) is 2. The first-order chi connectivity index (χ1) is 21.3. The smallest absolute Gasteiger partial charge is 0.257 e. The van der Waals surface area contributed by atoms with Gasteiger partial charge in [-0.15, -0.1) is 0 Å². The summed E-state index contributed by atoms with van der Waals surface area (Å²) >= 11 is 3.64. The van der Waals surface area contributed by atoms with Crippen molar-refractivity contribution in [3.8, 4) is 11.5 Å². The van der Waals surface area contributed by atoms with Crippen molar-refractivity contribution in [2.75, 3.05) is 70.4 Å². The van der Waals surface area contributed by atoms with E-state index in [1.807, 2.05) is 34.2 Å². The minimum atomic E-state index is -0.199. The van der Waals surface area contributed by atoms with Crippen molar-refractivity contribution < 1.29 is 19.1 Å². The van der Waals surface area contributed by atoms with Crippen molar-refractivity contribution in [1.82, 2.24) is 15.2 Å². The number of rotatable bonds is 9. The molecule has 2 fully saturated rings. The summed E-state index contributed by atoms with van der Waals surface area (Å²) in [5.41, 5.74) is 8.32. The van der Waals surface area contributed by atoms with Gasteiger partial charge in [0.15, 0.2) is 0 Å². The molecule has 2 saturated heterocycles. The van der Waals surface area contributed by atoms with Crippen LogP contribution in [-0.2, 0) is 11.2 Å². The summed E-state index contributed by atoms with van der Waals surface area (Å²) in [5, 5.41) is 1.89. The fraction of sp³-hybridized carbons (Fsp3) is 0.412. The molecule has 2 amide bonds. The van der Waals surface area contributed by atoms with Crippen molar-refractivity contribution in [2.24, 2.45) is 0 Å². The Hall–Kier alpha value is -3.76. The third-order valence-electron chi connectivity index (χ3n) is 8.44. The average molecular weight is 665 g/mol. The molecule has 2 heterocycles. The first kappa shape index (κ1) is 31.7. The molecule has 2 aliphatic rings. The molecule has 0 unspecified atom stereocenters. The highest BCUT2D eigenvalue weighted by Gasteiger charge is 2.26. The molecule has 9 nitrogen and oxygen atoms in total. The zero-order valence-electron chi connectivity index (χ0n) is 26.1. The van der Waals surface area contributed by atoms with Gasteiger partial charge < -0.3 is 24.2 Å². The van der Waals surface area contributed by atoms with Crippen LogP contribution in [-0.4, -0.2) is 82.1 Å². The number of nitrogens with zero attached hydrogens (tertiary/aromatic N) is 4. The highest BCUT2D eigenvalue weighted by molar-refractivity contribution is 9.10. The Morgan fingerprint density at radius 1 is 0.909 bits per heavy atom. The molecule has 1 N–H and O–H groups in total. The van der Waals surface area contributed by atoms with E-state index in [2.05, 4.69) is 63.3 Å². The fourth-order valence-electron chi connectivity index (χ4n) is 5.89. The zero-order valence-corrected chi connectivity index (χ0v) is 27.7. The molecule has 3 aromatic carbocycles. The second-order valence-electron chi connectivity index (χ2n) is 11.5. The topological polar surface area (TPSA) is 77.6 Å². The van der Waals surface area contributed by atoms with E-state index in [1.165, 1.54) is 6.42 Å². The summed E-state index contributed by atoms with van der Waals surface area (Å²) < 4.78 is 11.7. The van der Waals surface area contributed by atoms with Crippen LogP contribution in [0.3, 0.4) is 0 Å². The van der Waals surface area contributed by atoms with Gasteiger partial charge in [-0.25, -0.2) is 0 Å². The second kappa shape index (κ2) is 14.3. The summed E-state index contributed by atoms with van der Waals surface area (Å²) in [6.45, 7) is 7.03. The van der Waals surface area contributed by atoms with Gasteiger partial charge in [-0.2, -0.15) is 0 Å². The van der Waals surface area contributed by atoms with Gasteiger partial charge in [0.2, 0.25) is 5.91 Å². The van der Waals surface area contributed by atoms with Crippen LogP contribution in [0.1, 0.15) is 40.7 Å². The van der Waals surface area contributed by atoms with E-state index in [9.17, 15) is 9.59 Å². The van der Waals surface area contributed by atoms with Gasteiger partial charge in [-0.05, 0) is 86.8 Å². The Morgan fingerprint density at radius 3 is 2.27 bits per heavy atom. The van der Waals surface area contributed by atoms with E-state index in [1.54, 1.807) is 26.4 Å². The lowest BCUT2D eigenvalue weighted by Gasteiger charge is -2.35. The molecule has 44 heavy (non-hydrogen) atoms. The van der Waals surface area contributed by atoms with Crippen LogP contribution in [0.2, 0.25) is 0 Å². The number of para-hydroxylation sites is 1. The van der Waals surface area contributed by atoms with Crippen LogP contribution in [0.15, 0.2) is 59.1 Å². The van der Waals surface area contributed by atoms with Crippen molar-refractivity contribution in [3.05, 3.63) is 75.8 Å². The lowest BCUT2D eigenvalue weighted by Crippen LogP contribution is -2.47. The zero-order chi connectivity index (χ0) is 31.2. The van der Waals surface area contributed by atoms with E-state index < -0.39 is 0 Å². The van der Waals surface area contributed by atoms with Crippen LogP contribution in [0.5, 0.6) is 11.5 Å². The number of hydrogen-bond donors (Lipinski definition) is 1. The number of aryl methyl sites for hydroxylation is 1. The predicted octanol–water partition coefficient (Wildman–Crippen LogP) is 5.56. The van der Waals surface area contributed by atoms with Crippen molar-refractivity contribution in [2.45, 2.75) is 32.6 Å². The monoisotopic (exact) mass is 663 g/mol. The van der Waals surface area contributed by atoms with Gasteiger partial charge in [0.1, 0.15) is 11.5 Å². The maximum absolute atomic E-state index is 13.8. The Bertz CT molecular complexity index is 1470. The molecule has 10 heteroatoms. The number of nitrogens with one attached hydrogen (secondary N) is 1. The number of amides is 2. The molecule has 0 spiro atoms. The number of carbonyl (C=O) groups excluding carboxylic acids is 2. The SMILES string of the molecule is COc1ccc(N(NC(=O)Cc2cc(OC)c(C(=O)N3CCN(C)CC3)cc2Br)c2c(C)cccc2N2CCCCC2)cc1. The Balaban J connectivity index is 1.43. The van der Waals surface area contributed by atoms with E-state index in [4.69, 9.17) is 9.47 Å². The average Bonchev–Trinajstić information content (AvgIpc) is 3.05. The molecule has 0 aliphatic carbocycles. The Labute approximate surface area is 268 Å². The highest BCUT2D eigenvalue weighted by atomic mass is 79.9. The van der Waals surface area contributed by atoms with Gasteiger partial charge in [0.25, 0.3) is 5.91 Å². The quantitative estimate of drug-likeness (QED) is 0.300. The molecular weight excluding hydrogens is 622 g/mol. The van der Waals surface area contributed by atoms with Gasteiger partial charge in [0, 0.05) is 43.7 Å². The van der Waals surface area contributed by atoms with Gasteiger partial charge in [-0.3, -0.25) is 20.0 Å². The summed E-state index contributed by atoms with van der Waals surface area (Å²) in [7, 11) is 5.25. The van der Waals surface area contributed by atoms with Crippen LogP contribution < -0.4 is 24.8 Å². The van der Waals surface area contributed by atoms with Gasteiger partial charge in [-0.1, -0.05) is 28.1 Å². The third kappa shape index (κ3) is 7.13. The predicted molar refractivity (Wildman–Crippen MR) is 178 cm³/mol. The van der Waals surface area contributed by atoms with Crippen LogP contribution >= 0.6 is 15.9 Å². The molecule has 0 bridgehead atoms. The van der Waals surface area contributed by atoms with E-state index in [0.717, 1.165) is 73.0 Å². The minimum Gasteiger partial charge on any atom is -0.497 e. The molecule has 0 atom stereocenters. The molecule has 3 aromatic rings. The highest BCUT2D eigenvalue weighted by Crippen LogP contribution is 2.38. The van der Waals surface area contributed by atoms with Crippen LogP contribution in [0, 0.1) is 6.92 Å². The number of hydrogen-bond acceptors (Lipinski definition) is 7. The minimum absolute atomic E-state index is 0.0675. The fourth-order valence-corrected chi connectivity index (χ4v) is 6.37. The summed E-state index contributed by atoms with van der Waals surface area (Å²) in [6.07, 6.45) is 3.60. The molecule has 234 valence electrons. The molecule has 0 radical (unpaired) electrons. The first-order valence-electron chi connectivity index (χ1n) is 15.2. The number of anilines is 3. The lowest BCUT2D eigenvalue weighted by atomic mass is 10.1. The number of benzene rings is 3. The molecule has 0 aromatic heterocycles. The first-order valence-corrected chi connectivity index (χ1v) is 16.0. The van der Waals surface area contributed by atoms with E-state index >= 15 is 0 Å². The number of halogens is 1.